The molecule has 68 valence electrons. The van der Waals surface area contributed by atoms with Crippen molar-refractivity contribution in [1.29, 1.82) is 0 Å². The summed E-state index contributed by atoms with van der Waals surface area (Å²) in [5.41, 5.74) is 0. The first-order chi connectivity index (χ1) is 5.47. The van der Waals surface area contributed by atoms with Crippen LogP contribution in [0.4, 0.5) is 0 Å². The summed E-state index contributed by atoms with van der Waals surface area (Å²) in [6.45, 7) is 1.07. The van der Waals surface area contributed by atoms with Gasteiger partial charge in [-0.25, -0.2) is 0 Å². The molecule has 5 heteroatoms. The maximum atomic E-state index is 4.67. The second kappa shape index (κ2) is 4.42. The van der Waals surface area contributed by atoms with Crippen molar-refractivity contribution in [3.05, 3.63) is 12.2 Å². The van der Waals surface area contributed by atoms with Gasteiger partial charge in [0.1, 0.15) is 0 Å². The summed E-state index contributed by atoms with van der Waals surface area (Å²) in [7, 11) is 0. The van der Waals surface area contributed by atoms with Gasteiger partial charge in [0, 0.05) is 0 Å². The minimum Gasteiger partial charge on any atom is -0.343 e. The summed E-state index contributed by atoms with van der Waals surface area (Å²) in [6, 6.07) is 0.322. The van der Waals surface area contributed by atoms with Crippen molar-refractivity contribution in [3.63, 3.8) is 0 Å². The van der Waals surface area contributed by atoms with Crippen molar-refractivity contribution in [2.75, 3.05) is 6.54 Å². The fourth-order valence-corrected chi connectivity index (χ4v) is 1.40. The molecule has 0 spiro atoms. The number of piperidine rings is 1. The summed E-state index contributed by atoms with van der Waals surface area (Å²) >= 11 is 0. The van der Waals surface area contributed by atoms with Gasteiger partial charge in [0.25, 0.3) is 0 Å². The van der Waals surface area contributed by atoms with E-state index in [9.17, 15) is 0 Å². The van der Waals surface area contributed by atoms with Gasteiger partial charge in [0.15, 0.2) is 5.82 Å². The van der Waals surface area contributed by atoms with E-state index in [1.54, 1.807) is 0 Å². The number of hydrogen-bond donors (Lipinski definition) is 1. The quantitative estimate of drug-likeness (QED) is 0.724. The van der Waals surface area contributed by atoms with Crippen LogP contribution in [0.25, 0.3) is 0 Å². The van der Waals surface area contributed by atoms with E-state index < -0.39 is 0 Å². The Balaban J connectivity index is 0.000000720. The number of rotatable bonds is 1. The van der Waals surface area contributed by atoms with Crippen LogP contribution in [0.1, 0.15) is 31.1 Å². The van der Waals surface area contributed by atoms with Crippen molar-refractivity contribution in [2.24, 2.45) is 0 Å². The summed E-state index contributed by atoms with van der Waals surface area (Å²) in [5.74, 6) is 0.796. The number of nitrogens with one attached hydrogen (secondary N) is 1. The Bertz CT molecular complexity index is 208. The monoisotopic (exact) mass is 189 g/mol. The van der Waals surface area contributed by atoms with Crippen LogP contribution in [0.2, 0.25) is 0 Å². The predicted molar refractivity (Wildman–Crippen MR) is 46.1 cm³/mol. The van der Waals surface area contributed by atoms with Crippen LogP contribution >= 0.6 is 12.4 Å². The lowest BCUT2D eigenvalue weighted by atomic mass is 10.1. The number of aromatic nitrogens is 2. The SMILES string of the molecule is Cl.c1nc(C2CCCCN2)no1. The molecular weight excluding hydrogens is 178 g/mol. The molecule has 1 aliphatic rings. The Kier molecular flexibility index (Phi) is 3.49. The molecule has 0 aromatic carbocycles. The Hall–Kier alpha value is -0.610. The van der Waals surface area contributed by atoms with E-state index in [1.807, 2.05) is 0 Å². The standard InChI is InChI=1S/C7H11N3O.ClH/c1-2-4-8-6(3-1)7-9-5-11-10-7;/h5-6,8H,1-4H2;1H. The van der Waals surface area contributed by atoms with Gasteiger partial charge in [-0.3, -0.25) is 0 Å². The van der Waals surface area contributed by atoms with E-state index in [0.29, 0.717) is 6.04 Å². The van der Waals surface area contributed by atoms with Crippen LogP contribution in [-0.2, 0) is 0 Å². The molecule has 1 N–H and O–H groups in total. The second-order valence-electron chi connectivity index (χ2n) is 2.79. The smallest absolute Gasteiger partial charge is 0.213 e. The van der Waals surface area contributed by atoms with E-state index >= 15 is 0 Å². The number of nitrogens with zero attached hydrogens (tertiary/aromatic N) is 2. The van der Waals surface area contributed by atoms with Gasteiger partial charge < -0.3 is 9.84 Å². The zero-order valence-corrected chi connectivity index (χ0v) is 7.51. The minimum atomic E-state index is 0. The molecular formula is C7H12ClN3O. The lowest BCUT2D eigenvalue weighted by Crippen LogP contribution is -2.27. The van der Waals surface area contributed by atoms with Crippen LogP contribution in [-0.4, -0.2) is 16.7 Å². The van der Waals surface area contributed by atoms with Crippen LogP contribution in [0.15, 0.2) is 10.9 Å². The molecule has 0 radical (unpaired) electrons. The van der Waals surface area contributed by atoms with Gasteiger partial charge in [-0.2, -0.15) is 4.98 Å². The third-order valence-corrected chi connectivity index (χ3v) is 2.00. The lowest BCUT2D eigenvalue weighted by molar-refractivity contribution is 0.363. The molecule has 2 rings (SSSR count). The highest BCUT2D eigenvalue weighted by Gasteiger charge is 2.17. The normalized spacial score (nSPS) is 23.2. The summed E-state index contributed by atoms with van der Waals surface area (Å²) in [4.78, 5) is 4.00. The Morgan fingerprint density at radius 2 is 2.42 bits per heavy atom. The highest BCUT2D eigenvalue weighted by atomic mass is 35.5. The summed E-state index contributed by atoms with van der Waals surface area (Å²) in [6.07, 6.45) is 5.02. The molecule has 12 heavy (non-hydrogen) atoms. The van der Waals surface area contributed by atoms with Crippen LogP contribution in [0.5, 0.6) is 0 Å². The molecule has 4 nitrogen and oxygen atoms in total. The molecule has 1 unspecified atom stereocenters. The third-order valence-electron chi connectivity index (χ3n) is 2.00. The molecule has 1 atom stereocenters. The minimum absolute atomic E-state index is 0. The first-order valence-electron chi connectivity index (χ1n) is 3.96. The van der Waals surface area contributed by atoms with Gasteiger partial charge in [0.05, 0.1) is 6.04 Å². The largest absolute Gasteiger partial charge is 0.343 e. The molecule has 2 heterocycles. The molecule has 1 fully saturated rings. The second-order valence-corrected chi connectivity index (χ2v) is 2.79. The first kappa shape index (κ1) is 9.48. The Morgan fingerprint density at radius 3 is 3.00 bits per heavy atom. The maximum absolute atomic E-state index is 4.67. The van der Waals surface area contributed by atoms with Crippen molar-refractivity contribution < 1.29 is 4.52 Å². The first-order valence-corrected chi connectivity index (χ1v) is 3.96. The topological polar surface area (TPSA) is 51.0 Å². The van der Waals surface area contributed by atoms with Crippen LogP contribution in [0, 0.1) is 0 Å². The van der Waals surface area contributed by atoms with Gasteiger partial charge in [-0.05, 0) is 19.4 Å². The van der Waals surface area contributed by atoms with Crippen molar-refractivity contribution >= 4 is 12.4 Å². The molecule has 1 aliphatic heterocycles. The lowest BCUT2D eigenvalue weighted by Gasteiger charge is -2.19. The molecule has 0 amide bonds. The highest BCUT2D eigenvalue weighted by molar-refractivity contribution is 5.85. The molecule has 0 bridgehead atoms. The van der Waals surface area contributed by atoms with E-state index in [2.05, 4.69) is 20.0 Å². The predicted octanol–water partition coefficient (Wildman–Crippen LogP) is 1.31. The Morgan fingerprint density at radius 1 is 1.50 bits per heavy atom. The highest BCUT2D eigenvalue weighted by Crippen LogP contribution is 2.18. The molecule has 1 aromatic rings. The Labute approximate surface area is 77.1 Å². The number of hydrogen-bond acceptors (Lipinski definition) is 4. The zero-order valence-electron chi connectivity index (χ0n) is 6.69. The fraction of sp³-hybridized carbons (Fsp3) is 0.714. The molecule has 0 aliphatic carbocycles. The van der Waals surface area contributed by atoms with Crippen LogP contribution < -0.4 is 5.32 Å². The van der Waals surface area contributed by atoms with Gasteiger partial charge in [-0.15, -0.1) is 12.4 Å². The van der Waals surface area contributed by atoms with Gasteiger partial charge in [-0.1, -0.05) is 11.6 Å². The third kappa shape index (κ3) is 1.95. The fourth-order valence-electron chi connectivity index (χ4n) is 1.40. The number of halogens is 1. The van der Waals surface area contributed by atoms with E-state index in [-0.39, 0.29) is 12.4 Å². The zero-order chi connectivity index (χ0) is 7.52. The van der Waals surface area contributed by atoms with Crippen molar-refractivity contribution in [3.8, 4) is 0 Å². The van der Waals surface area contributed by atoms with E-state index in [4.69, 9.17) is 0 Å². The summed E-state index contributed by atoms with van der Waals surface area (Å²) in [5, 5.41) is 7.13. The molecule has 1 aromatic heterocycles. The molecule has 0 saturated carbocycles. The van der Waals surface area contributed by atoms with Gasteiger partial charge >= 0.3 is 0 Å². The van der Waals surface area contributed by atoms with Crippen LogP contribution in [0.3, 0.4) is 0 Å². The average molecular weight is 190 g/mol. The maximum Gasteiger partial charge on any atom is 0.213 e. The summed E-state index contributed by atoms with van der Waals surface area (Å²) < 4.78 is 4.67. The van der Waals surface area contributed by atoms with E-state index in [0.717, 1.165) is 18.8 Å². The van der Waals surface area contributed by atoms with E-state index in [1.165, 1.54) is 19.2 Å². The van der Waals surface area contributed by atoms with Gasteiger partial charge in [0.2, 0.25) is 6.39 Å². The molecule has 1 saturated heterocycles. The van der Waals surface area contributed by atoms with Crippen molar-refractivity contribution in [2.45, 2.75) is 25.3 Å². The average Bonchev–Trinajstić information content (AvgIpc) is 2.58. The van der Waals surface area contributed by atoms with Crippen molar-refractivity contribution in [1.82, 2.24) is 15.5 Å².